The molecule has 0 radical (unpaired) electrons. The number of anilines is 1. The van der Waals surface area contributed by atoms with Gasteiger partial charge in [-0.1, -0.05) is 31.5 Å². The van der Waals surface area contributed by atoms with Gasteiger partial charge < -0.3 is 5.32 Å². The van der Waals surface area contributed by atoms with Gasteiger partial charge in [0.15, 0.2) is 0 Å². The highest BCUT2D eigenvalue weighted by Gasteiger charge is 2.11. The van der Waals surface area contributed by atoms with E-state index in [-0.39, 0.29) is 0 Å². The normalized spacial score (nSPS) is 11.2. The average molecular weight is 249 g/mol. The maximum atomic E-state index is 6.26. The van der Waals surface area contributed by atoms with Gasteiger partial charge in [-0.2, -0.15) is 0 Å². The molecule has 1 aromatic heterocycles. The van der Waals surface area contributed by atoms with Crippen LogP contribution in [0.1, 0.15) is 31.0 Å². The number of fused-ring (bicyclic) bond motifs is 1. The van der Waals surface area contributed by atoms with Crippen molar-refractivity contribution < 1.29 is 0 Å². The first-order valence-corrected chi connectivity index (χ1v) is 6.20. The Labute approximate surface area is 107 Å². The van der Waals surface area contributed by atoms with Crippen LogP contribution in [-0.2, 0) is 0 Å². The number of aromatic nitrogens is 1. The van der Waals surface area contributed by atoms with Crippen molar-refractivity contribution in [1.82, 2.24) is 4.98 Å². The number of aryl methyl sites for hydroxylation is 1. The summed E-state index contributed by atoms with van der Waals surface area (Å²) in [4.78, 5) is 4.72. The van der Waals surface area contributed by atoms with Crippen LogP contribution < -0.4 is 5.32 Å². The van der Waals surface area contributed by atoms with Gasteiger partial charge in [0.25, 0.3) is 0 Å². The summed E-state index contributed by atoms with van der Waals surface area (Å²) in [5, 5.41) is 4.97. The summed E-state index contributed by atoms with van der Waals surface area (Å²) in [7, 11) is 1.91. The standard InChI is InChI=1S/C14H17ClN2/c1-8(2)11-7-12(16-4)13-10(15)6-5-9(3)14(13)17-11/h5-8H,1-4H3,(H,16,17). The number of benzene rings is 1. The quantitative estimate of drug-likeness (QED) is 0.854. The number of hydrogen-bond donors (Lipinski definition) is 1. The highest BCUT2D eigenvalue weighted by Crippen LogP contribution is 2.33. The van der Waals surface area contributed by atoms with Crippen molar-refractivity contribution in [2.75, 3.05) is 12.4 Å². The van der Waals surface area contributed by atoms with E-state index in [1.807, 2.05) is 19.2 Å². The van der Waals surface area contributed by atoms with E-state index in [1.165, 1.54) is 0 Å². The summed E-state index contributed by atoms with van der Waals surface area (Å²) in [5.74, 6) is 0.407. The predicted octanol–water partition coefficient (Wildman–Crippen LogP) is 4.36. The Bertz CT molecular complexity index is 562. The second kappa shape index (κ2) is 4.53. The Morgan fingerprint density at radius 3 is 2.59 bits per heavy atom. The van der Waals surface area contributed by atoms with Crippen molar-refractivity contribution in [3.63, 3.8) is 0 Å². The van der Waals surface area contributed by atoms with E-state index in [4.69, 9.17) is 16.6 Å². The summed E-state index contributed by atoms with van der Waals surface area (Å²) in [6.45, 7) is 6.36. The molecule has 0 fully saturated rings. The van der Waals surface area contributed by atoms with Crippen molar-refractivity contribution >= 4 is 28.2 Å². The smallest absolute Gasteiger partial charge is 0.0770 e. The van der Waals surface area contributed by atoms with E-state index in [2.05, 4.69) is 32.2 Å². The monoisotopic (exact) mass is 248 g/mol. The van der Waals surface area contributed by atoms with Crippen LogP contribution in [0.2, 0.25) is 5.02 Å². The molecule has 0 bridgehead atoms. The molecule has 0 spiro atoms. The summed E-state index contributed by atoms with van der Waals surface area (Å²) in [6.07, 6.45) is 0. The molecular formula is C14H17ClN2. The Morgan fingerprint density at radius 2 is 2.00 bits per heavy atom. The molecule has 90 valence electrons. The van der Waals surface area contributed by atoms with Gasteiger partial charge in [0.1, 0.15) is 0 Å². The van der Waals surface area contributed by atoms with Gasteiger partial charge >= 0.3 is 0 Å². The topological polar surface area (TPSA) is 24.9 Å². The van der Waals surface area contributed by atoms with Crippen LogP contribution >= 0.6 is 11.6 Å². The maximum absolute atomic E-state index is 6.26. The van der Waals surface area contributed by atoms with Crippen molar-refractivity contribution in [1.29, 1.82) is 0 Å². The zero-order valence-corrected chi connectivity index (χ0v) is 11.4. The summed E-state index contributed by atoms with van der Waals surface area (Å²) >= 11 is 6.26. The van der Waals surface area contributed by atoms with Crippen LogP contribution in [-0.4, -0.2) is 12.0 Å². The van der Waals surface area contributed by atoms with Crippen molar-refractivity contribution in [2.45, 2.75) is 26.7 Å². The average Bonchev–Trinajstić information content (AvgIpc) is 2.32. The van der Waals surface area contributed by atoms with Crippen LogP contribution in [0.5, 0.6) is 0 Å². The van der Waals surface area contributed by atoms with Gasteiger partial charge in [0, 0.05) is 23.8 Å². The van der Waals surface area contributed by atoms with Crippen molar-refractivity contribution in [2.24, 2.45) is 0 Å². The number of halogens is 1. The molecule has 1 aromatic carbocycles. The third-order valence-electron chi connectivity index (χ3n) is 2.99. The second-order valence-electron chi connectivity index (χ2n) is 4.59. The lowest BCUT2D eigenvalue weighted by Gasteiger charge is -2.13. The van der Waals surface area contributed by atoms with Crippen LogP contribution in [0.4, 0.5) is 5.69 Å². The van der Waals surface area contributed by atoms with Gasteiger partial charge in [0.2, 0.25) is 0 Å². The molecule has 1 heterocycles. The fourth-order valence-corrected chi connectivity index (χ4v) is 2.20. The van der Waals surface area contributed by atoms with Crippen molar-refractivity contribution in [3.05, 3.63) is 34.5 Å². The summed E-state index contributed by atoms with van der Waals surface area (Å²) in [5.41, 5.74) is 4.29. The fourth-order valence-electron chi connectivity index (χ4n) is 1.95. The first-order valence-electron chi connectivity index (χ1n) is 5.82. The molecule has 0 atom stereocenters. The SMILES string of the molecule is CNc1cc(C(C)C)nc2c(C)ccc(Cl)c12. The minimum atomic E-state index is 0.407. The highest BCUT2D eigenvalue weighted by molar-refractivity contribution is 6.36. The Hall–Kier alpha value is -1.28. The molecule has 3 heteroatoms. The van der Waals surface area contributed by atoms with Crippen LogP contribution in [0.25, 0.3) is 10.9 Å². The number of hydrogen-bond acceptors (Lipinski definition) is 2. The summed E-state index contributed by atoms with van der Waals surface area (Å²) in [6, 6.07) is 6.02. The van der Waals surface area contributed by atoms with E-state index >= 15 is 0 Å². The lowest BCUT2D eigenvalue weighted by Crippen LogP contribution is -1.99. The van der Waals surface area contributed by atoms with Crippen LogP contribution in [0.15, 0.2) is 18.2 Å². The molecule has 0 aliphatic carbocycles. The van der Waals surface area contributed by atoms with Gasteiger partial charge in [-0.25, -0.2) is 0 Å². The van der Waals surface area contributed by atoms with E-state index in [0.29, 0.717) is 5.92 Å². The third-order valence-corrected chi connectivity index (χ3v) is 3.31. The first-order chi connectivity index (χ1) is 8.04. The Balaban J connectivity index is 2.87. The molecule has 17 heavy (non-hydrogen) atoms. The Kier molecular flexibility index (Phi) is 3.25. The van der Waals surface area contributed by atoms with Gasteiger partial charge in [-0.05, 0) is 30.5 Å². The van der Waals surface area contributed by atoms with Gasteiger partial charge in [0.05, 0.1) is 10.5 Å². The molecule has 2 rings (SSSR count). The molecule has 1 N–H and O–H groups in total. The number of rotatable bonds is 2. The maximum Gasteiger partial charge on any atom is 0.0770 e. The minimum Gasteiger partial charge on any atom is -0.387 e. The molecule has 0 unspecified atom stereocenters. The van der Waals surface area contributed by atoms with Gasteiger partial charge in [-0.15, -0.1) is 0 Å². The van der Waals surface area contributed by atoms with Crippen molar-refractivity contribution in [3.8, 4) is 0 Å². The fraction of sp³-hybridized carbons (Fsp3) is 0.357. The van der Waals surface area contributed by atoms with Crippen LogP contribution in [0, 0.1) is 6.92 Å². The largest absolute Gasteiger partial charge is 0.387 e. The molecule has 2 aromatic rings. The lowest BCUT2D eigenvalue weighted by atomic mass is 10.0. The summed E-state index contributed by atoms with van der Waals surface area (Å²) < 4.78 is 0. The molecule has 0 aliphatic heterocycles. The number of nitrogens with one attached hydrogen (secondary N) is 1. The molecule has 0 saturated carbocycles. The van der Waals surface area contributed by atoms with Crippen LogP contribution in [0.3, 0.4) is 0 Å². The molecule has 0 aliphatic rings. The number of nitrogens with zero attached hydrogens (tertiary/aromatic N) is 1. The second-order valence-corrected chi connectivity index (χ2v) is 4.99. The predicted molar refractivity (Wildman–Crippen MR) is 75.1 cm³/mol. The first kappa shape index (κ1) is 12.2. The highest BCUT2D eigenvalue weighted by atomic mass is 35.5. The van der Waals surface area contributed by atoms with E-state index in [0.717, 1.165) is 32.9 Å². The lowest BCUT2D eigenvalue weighted by molar-refractivity contribution is 0.830. The number of pyridine rings is 1. The zero-order valence-electron chi connectivity index (χ0n) is 10.6. The third kappa shape index (κ3) is 2.09. The molecule has 0 amide bonds. The van der Waals surface area contributed by atoms with E-state index in [1.54, 1.807) is 0 Å². The molecule has 2 nitrogen and oxygen atoms in total. The van der Waals surface area contributed by atoms with E-state index < -0.39 is 0 Å². The molecule has 0 saturated heterocycles. The zero-order chi connectivity index (χ0) is 12.6. The van der Waals surface area contributed by atoms with Gasteiger partial charge in [-0.3, -0.25) is 4.98 Å². The Morgan fingerprint density at radius 1 is 1.29 bits per heavy atom. The van der Waals surface area contributed by atoms with E-state index in [9.17, 15) is 0 Å². The minimum absolute atomic E-state index is 0.407. The molecular weight excluding hydrogens is 232 g/mol.